The van der Waals surface area contributed by atoms with Gasteiger partial charge in [-0.3, -0.25) is 14.2 Å². The van der Waals surface area contributed by atoms with Gasteiger partial charge in [0.1, 0.15) is 6.54 Å². The van der Waals surface area contributed by atoms with E-state index in [0.29, 0.717) is 11.3 Å². The zero-order valence-electron chi connectivity index (χ0n) is 17.1. The quantitative estimate of drug-likeness (QED) is 0.838. The minimum atomic E-state index is -0.159. The van der Waals surface area contributed by atoms with Crippen molar-refractivity contribution in [2.24, 2.45) is 0 Å². The fraction of sp³-hybridized carbons (Fsp3) is 0.571. The fourth-order valence-corrected chi connectivity index (χ4v) is 4.10. The highest BCUT2D eigenvalue weighted by molar-refractivity contribution is 5.76. The van der Waals surface area contributed by atoms with E-state index in [1.807, 2.05) is 0 Å². The number of fused-ring (bicyclic) bond motifs is 1. The number of carbonyl (C=O) groups excluding carboxylic acids is 1. The summed E-state index contributed by atoms with van der Waals surface area (Å²) in [5.41, 5.74) is 3.61. The van der Waals surface area contributed by atoms with Crippen molar-refractivity contribution in [2.75, 3.05) is 18.0 Å². The van der Waals surface area contributed by atoms with Crippen LogP contribution in [0.5, 0.6) is 0 Å². The van der Waals surface area contributed by atoms with E-state index in [-0.39, 0.29) is 24.1 Å². The summed E-state index contributed by atoms with van der Waals surface area (Å²) in [6, 6.07) is 2.30. The van der Waals surface area contributed by atoms with E-state index in [4.69, 9.17) is 0 Å². The standard InChI is InChI=1S/C21H28N6O2/c1-14-15(2)22-13-27(21(14)29)12-20(28)23-17-7-9-26(10-8-17)19-11-16-5-3-4-6-18(16)24-25-19/h11,13,17H,3-10,12H2,1-2H3,(H,23,28). The van der Waals surface area contributed by atoms with Gasteiger partial charge in [-0.15, -0.1) is 5.10 Å². The molecule has 154 valence electrons. The number of amides is 1. The summed E-state index contributed by atoms with van der Waals surface area (Å²) < 4.78 is 1.37. The Bertz CT molecular complexity index is 962. The molecule has 0 atom stereocenters. The lowest BCUT2D eigenvalue weighted by Gasteiger charge is -2.33. The minimum Gasteiger partial charge on any atom is -0.355 e. The van der Waals surface area contributed by atoms with Crippen LogP contribution in [0.3, 0.4) is 0 Å². The number of nitrogens with zero attached hydrogens (tertiary/aromatic N) is 5. The largest absolute Gasteiger partial charge is 0.355 e. The molecule has 8 heteroatoms. The maximum Gasteiger partial charge on any atom is 0.256 e. The monoisotopic (exact) mass is 396 g/mol. The van der Waals surface area contributed by atoms with Gasteiger partial charge in [0.15, 0.2) is 5.82 Å². The molecule has 1 amide bonds. The summed E-state index contributed by atoms with van der Waals surface area (Å²) in [6.45, 7) is 5.21. The predicted molar refractivity (Wildman–Crippen MR) is 110 cm³/mol. The van der Waals surface area contributed by atoms with Crippen LogP contribution in [0.1, 0.15) is 48.2 Å². The Hall–Kier alpha value is -2.77. The highest BCUT2D eigenvalue weighted by Crippen LogP contribution is 2.24. The van der Waals surface area contributed by atoms with Crippen molar-refractivity contribution in [1.29, 1.82) is 0 Å². The van der Waals surface area contributed by atoms with Gasteiger partial charge in [0.2, 0.25) is 5.91 Å². The summed E-state index contributed by atoms with van der Waals surface area (Å²) in [5.74, 6) is 0.798. The maximum atomic E-state index is 12.4. The summed E-state index contributed by atoms with van der Waals surface area (Å²) in [7, 11) is 0. The van der Waals surface area contributed by atoms with Crippen molar-refractivity contribution in [2.45, 2.75) is 65.0 Å². The molecule has 1 saturated heterocycles. The molecule has 2 aromatic heterocycles. The number of aromatic nitrogens is 4. The van der Waals surface area contributed by atoms with Crippen LogP contribution in [0.4, 0.5) is 5.82 Å². The molecule has 4 rings (SSSR count). The van der Waals surface area contributed by atoms with Crippen LogP contribution in [0.15, 0.2) is 17.2 Å². The Morgan fingerprint density at radius 3 is 2.72 bits per heavy atom. The number of rotatable bonds is 4. The van der Waals surface area contributed by atoms with Gasteiger partial charge in [-0.05, 0) is 64.0 Å². The van der Waals surface area contributed by atoms with Crippen LogP contribution in [0.2, 0.25) is 0 Å². The van der Waals surface area contributed by atoms with E-state index in [1.54, 1.807) is 13.8 Å². The first-order valence-electron chi connectivity index (χ1n) is 10.4. The number of aryl methyl sites for hydroxylation is 3. The first-order chi connectivity index (χ1) is 14.0. The number of piperidine rings is 1. The molecule has 0 unspecified atom stereocenters. The predicted octanol–water partition coefficient (Wildman–Crippen LogP) is 1.31. The molecule has 1 N–H and O–H groups in total. The van der Waals surface area contributed by atoms with E-state index >= 15 is 0 Å². The molecule has 0 radical (unpaired) electrons. The van der Waals surface area contributed by atoms with Crippen molar-refractivity contribution in [1.82, 2.24) is 25.1 Å². The normalized spacial score (nSPS) is 17.1. The molecule has 1 fully saturated rings. The van der Waals surface area contributed by atoms with Gasteiger partial charge in [0, 0.05) is 30.4 Å². The number of hydrogen-bond donors (Lipinski definition) is 1. The topological polar surface area (TPSA) is 93.0 Å². The van der Waals surface area contributed by atoms with Crippen LogP contribution >= 0.6 is 0 Å². The zero-order chi connectivity index (χ0) is 20.4. The highest BCUT2D eigenvalue weighted by atomic mass is 16.2. The van der Waals surface area contributed by atoms with Crippen LogP contribution in [-0.2, 0) is 24.2 Å². The fourth-order valence-electron chi connectivity index (χ4n) is 4.10. The van der Waals surface area contributed by atoms with Crippen molar-refractivity contribution in [3.8, 4) is 0 Å². The lowest BCUT2D eigenvalue weighted by atomic mass is 9.96. The van der Waals surface area contributed by atoms with Gasteiger partial charge in [-0.25, -0.2) is 4.98 Å². The Morgan fingerprint density at radius 2 is 1.93 bits per heavy atom. The third kappa shape index (κ3) is 4.31. The van der Waals surface area contributed by atoms with E-state index < -0.39 is 0 Å². The molecule has 29 heavy (non-hydrogen) atoms. The summed E-state index contributed by atoms with van der Waals surface area (Å²) in [6.07, 6.45) is 7.71. The average Bonchev–Trinajstić information content (AvgIpc) is 2.74. The first kappa shape index (κ1) is 19.5. The molecule has 0 spiro atoms. The molecule has 0 saturated carbocycles. The maximum absolute atomic E-state index is 12.4. The second-order valence-corrected chi connectivity index (χ2v) is 8.10. The lowest BCUT2D eigenvalue weighted by Crippen LogP contribution is -2.46. The molecule has 1 aliphatic carbocycles. The molecule has 2 aromatic rings. The highest BCUT2D eigenvalue weighted by Gasteiger charge is 2.23. The SMILES string of the molecule is Cc1ncn(CC(=O)NC2CCN(c3cc4c(nn3)CCCC4)CC2)c(=O)c1C. The Morgan fingerprint density at radius 1 is 1.17 bits per heavy atom. The smallest absolute Gasteiger partial charge is 0.256 e. The molecule has 0 bridgehead atoms. The zero-order valence-corrected chi connectivity index (χ0v) is 17.1. The Balaban J connectivity index is 1.31. The third-order valence-corrected chi connectivity index (χ3v) is 6.07. The van der Waals surface area contributed by atoms with Crippen molar-refractivity contribution in [3.05, 3.63) is 45.3 Å². The molecular weight excluding hydrogens is 368 g/mol. The Kier molecular flexibility index (Phi) is 5.60. The van der Waals surface area contributed by atoms with Crippen molar-refractivity contribution in [3.63, 3.8) is 0 Å². The number of anilines is 1. The van der Waals surface area contributed by atoms with Gasteiger partial charge in [-0.2, -0.15) is 5.10 Å². The first-order valence-corrected chi connectivity index (χ1v) is 10.4. The number of carbonyl (C=O) groups is 1. The van der Waals surface area contributed by atoms with E-state index in [0.717, 1.165) is 50.3 Å². The number of hydrogen-bond acceptors (Lipinski definition) is 6. The third-order valence-electron chi connectivity index (χ3n) is 6.07. The van der Waals surface area contributed by atoms with Gasteiger partial charge in [0.05, 0.1) is 12.0 Å². The van der Waals surface area contributed by atoms with E-state index in [9.17, 15) is 9.59 Å². The second kappa shape index (κ2) is 8.31. The molecule has 0 aromatic carbocycles. The molecule has 1 aliphatic heterocycles. The van der Waals surface area contributed by atoms with Crippen molar-refractivity contribution >= 4 is 11.7 Å². The Labute approximate surface area is 170 Å². The summed E-state index contributed by atoms with van der Waals surface area (Å²) >= 11 is 0. The van der Waals surface area contributed by atoms with Gasteiger partial charge in [-0.1, -0.05) is 0 Å². The van der Waals surface area contributed by atoms with E-state index in [1.165, 1.54) is 29.3 Å². The lowest BCUT2D eigenvalue weighted by molar-refractivity contribution is -0.122. The second-order valence-electron chi connectivity index (χ2n) is 8.10. The van der Waals surface area contributed by atoms with E-state index in [2.05, 4.69) is 31.5 Å². The van der Waals surface area contributed by atoms with Crippen LogP contribution in [0.25, 0.3) is 0 Å². The van der Waals surface area contributed by atoms with Gasteiger partial charge < -0.3 is 10.2 Å². The summed E-state index contributed by atoms with van der Waals surface area (Å²) in [4.78, 5) is 31.1. The average molecular weight is 396 g/mol. The van der Waals surface area contributed by atoms with Crippen LogP contribution in [0, 0.1) is 13.8 Å². The van der Waals surface area contributed by atoms with Gasteiger partial charge in [0.25, 0.3) is 5.56 Å². The van der Waals surface area contributed by atoms with Crippen molar-refractivity contribution < 1.29 is 4.79 Å². The molecule has 8 nitrogen and oxygen atoms in total. The van der Waals surface area contributed by atoms with Gasteiger partial charge >= 0.3 is 0 Å². The molecular formula is C21H28N6O2. The minimum absolute atomic E-state index is 0.00344. The number of nitrogens with one attached hydrogen (secondary N) is 1. The molecule has 3 heterocycles. The van der Waals surface area contributed by atoms with Crippen LogP contribution in [-0.4, -0.2) is 44.8 Å². The molecule has 2 aliphatic rings. The summed E-state index contributed by atoms with van der Waals surface area (Å²) in [5, 5.41) is 11.9. The van der Waals surface area contributed by atoms with Crippen LogP contribution < -0.4 is 15.8 Å².